The number of nitrogens with one attached hydrogen (secondary N) is 1. The first kappa shape index (κ1) is 26.8. The fourth-order valence-electron chi connectivity index (χ4n) is 4.16. The van der Waals surface area contributed by atoms with Gasteiger partial charge in [0.2, 0.25) is 0 Å². The molecule has 0 radical (unpaired) electrons. The van der Waals surface area contributed by atoms with Gasteiger partial charge < -0.3 is 0 Å². The number of hydrogen-bond donors (Lipinski definition) is 1. The molecule has 0 aliphatic carbocycles. The Bertz CT molecular complexity index is 1190. The van der Waals surface area contributed by atoms with E-state index in [1.807, 2.05) is 55.3 Å². The molecule has 0 saturated carbocycles. The number of rotatable bonds is 9. The maximum absolute atomic E-state index is 12.2. The molecule has 1 aliphatic heterocycles. The molecule has 1 saturated heterocycles. The van der Waals surface area contributed by atoms with Gasteiger partial charge in [-0.3, -0.25) is 0 Å². The molecular formula is C28H34AsN5O3. The molecule has 37 heavy (non-hydrogen) atoms. The topological polar surface area (TPSA) is 87.7 Å². The molecule has 194 valence electrons. The molecule has 1 fully saturated rings. The zero-order valence-corrected chi connectivity index (χ0v) is 23.7. The fourth-order valence-corrected chi connectivity index (χ4v) is 6.06. The molecule has 1 aromatic heterocycles. The number of carbonyl (C=O) groups excluding carboxylic acids is 2. The number of amides is 2. The summed E-state index contributed by atoms with van der Waals surface area (Å²) in [6.45, 7) is 7.57. The zero-order chi connectivity index (χ0) is 26.2. The van der Waals surface area contributed by atoms with Crippen LogP contribution in [-0.2, 0) is 14.3 Å². The molecule has 0 spiro atoms. The van der Waals surface area contributed by atoms with Gasteiger partial charge in [-0.2, -0.15) is 0 Å². The average molecular weight is 564 g/mol. The van der Waals surface area contributed by atoms with Crippen molar-refractivity contribution in [1.82, 2.24) is 14.9 Å². The monoisotopic (exact) mass is 563 g/mol. The molecule has 3 aromatic rings. The van der Waals surface area contributed by atoms with Crippen LogP contribution < -0.4 is 19.2 Å². The van der Waals surface area contributed by atoms with Crippen LogP contribution in [-0.4, -0.2) is 82.3 Å². The quantitative estimate of drug-likeness (QED) is 0.400. The van der Waals surface area contributed by atoms with E-state index in [4.69, 9.17) is 9.72 Å². The van der Waals surface area contributed by atoms with Crippen molar-refractivity contribution in [3.63, 3.8) is 0 Å². The van der Waals surface area contributed by atoms with Crippen molar-refractivity contribution in [2.45, 2.75) is 20.3 Å². The predicted molar refractivity (Wildman–Crippen MR) is 149 cm³/mol. The molecule has 4 rings (SSSR count). The Kier molecular flexibility index (Phi) is 9.31. The first-order chi connectivity index (χ1) is 17.9. The number of benzene rings is 2. The Hall–Kier alpha value is -3.22. The van der Waals surface area contributed by atoms with Gasteiger partial charge in [-0.15, -0.1) is 0 Å². The minimum atomic E-state index is -0.681. The number of carbonyl (C=O) groups is 2. The van der Waals surface area contributed by atoms with Crippen LogP contribution >= 0.6 is 0 Å². The van der Waals surface area contributed by atoms with Gasteiger partial charge in [0.1, 0.15) is 0 Å². The van der Waals surface area contributed by atoms with E-state index in [2.05, 4.69) is 39.5 Å². The first-order valence-electron chi connectivity index (χ1n) is 12.6. The van der Waals surface area contributed by atoms with Gasteiger partial charge in [0, 0.05) is 7.11 Å². The van der Waals surface area contributed by atoms with Crippen LogP contribution in [0.5, 0.6) is 0 Å². The van der Waals surface area contributed by atoms with Gasteiger partial charge >= 0.3 is 218 Å². The molecule has 8 nitrogen and oxygen atoms in total. The Morgan fingerprint density at radius 1 is 1.00 bits per heavy atom. The van der Waals surface area contributed by atoms with Crippen molar-refractivity contribution >= 4 is 47.9 Å². The second kappa shape index (κ2) is 12.8. The van der Waals surface area contributed by atoms with Crippen molar-refractivity contribution in [2.75, 3.05) is 50.1 Å². The second-order valence-corrected chi connectivity index (χ2v) is 11.9. The van der Waals surface area contributed by atoms with Crippen molar-refractivity contribution in [3.8, 4) is 11.3 Å². The molecule has 2 aromatic carbocycles. The number of ether oxygens (including phenoxy) is 1. The molecule has 1 N–H and O–H groups in total. The predicted octanol–water partition coefficient (Wildman–Crippen LogP) is 1.81. The molecule has 1 aliphatic rings. The Morgan fingerprint density at radius 3 is 2.35 bits per heavy atom. The van der Waals surface area contributed by atoms with Crippen molar-refractivity contribution in [3.05, 3.63) is 60.8 Å². The van der Waals surface area contributed by atoms with Crippen molar-refractivity contribution in [1.29, 1.82) is 0 Å². The van der Waals surface area contributed by atoms with Gasteiger partial charge in [-0.05, 0) is 0 Å². The van der Waals surface area contributed by atoms with Crippen molar-refractivity contribution in [2.24, 2.45) is 5.92 Å². The molecule has 0 bridgehead atoms. The number of methoxy groups -OCH3 is 1. The zero-order valence-electron chi connectivity index (χ0n) is 21.6. The standard InChI is InChI=1S/C28H34AsN5O3/c1-20(2)27(36)34-17-15-33(16-18-34)24-10-6-22(7-11-24)29-28-30-14-12-25(32-28)21-4-8-23(9-5-21)31-26(35)13-19-37-3/h4-12,14,20,29H,13,15-19H2,1-3H3,(H,31,35). The number of hydrogen-bond acceptors (Lipinski definition) is 6. The third-order valence-electron chi connectivity index (χ3n) is 6.23. The van der Waals surface area contributed by atoms with Gasteiger partial charge in [0.15, 0.2) is 0 Å². The summed E-state index contributed by atoms with van der Waals surface area (Å²) >= 11 is -0.681. The van der Waals surface area contributed by atoms with E-state index in [9.17, 15) is 9.59 Å². The van der Waals surface area contributed by atoms with Gasteiger partial charge in [0.25, 0.3) is 0 Å². The van der Waals surface area contributed by atoms with Crippen LogP contribution in [0, 0.1) is 5.92 Å². The Labute approximate surface area is 225 Å². The maximum atomic E-state index is 12.2. The van der Waals surface area contributed by atoms with Crippen LogP contribution in [0.4, 0.5) is 11.4 Å². The second-order valence-electron chi connectivity index (χ2n) is 9.27. The van der Waals surface area contributed by atoms with Crippen LogP contribution in [0.25, 0.3) is 11.3 Å². The van der Waals surface area contributed by atoms with Crippen LogP contribution in [0.15, 0.2) is 60.8 Å². The Balaban J connectivity index is 1.34. The summed E-state index contributed by atoms with van der Waals surface area (Å²) in [5.74, 6) is 0.219. The molecule has 2 heterocycles. The summed E-state index contributed by atoms with van der Waals surface area (Å²) in [7, 11) is 1.58. The van der Waals surface area contributed by atoms with E-state index in [1.54, 1.807) is 7.11 Å². The summed E-state index contributed by atoms with van der Waals surface area (Å²) in [5, 5.41) is 2.87. The molecule has 2 amide bonds. The summed E-state index contributed by atoms with van der Waals surface area (Å²) in [6, 6.07) is 18.3. The van der Waals surface area contributed by atoms with Gasteiger partial charge in [-0.1, -0.05) is 0 Å². The third kappa shape index (κ3) is 7.40. The molecule has 1 unspecified atom stereocenters. The normalized spacial score (nSPS) is 13.9. The van der Waals surface area contributed by atoms with Gasteiger partial charge in [0.05, 0.1) is 0 Å². The summed E-state index contributed by atoms with van der Waals surface area (Å²) < 4.78 is 7.09. The summed E-state index contributed by atoms with van der Waals surface area (Å²) in [5.41, 5.74) is 3.80. The van der Waals surface area contributed by atoms with E-state index in [0.717, 1.165) is 47.7 Å². The first-order valence-corrected chi connectivity index (χ1v) is 14.7. The number of nitrogens with zero attached hydrogens (tertiary/aromatic N) is 4. The van der Waals surface area contributed by atoms with Crippen LogP contribution in [0.1, 0.15) is 20.3 Å². The minimum absolute atomic E-state index is 0.0503. The van der Waals surface area contributed by atoms with E-state index in [-0.39, 0.29) is 17.7 Å². The number of piperazine rings is 1. The van der Waals surface area contributed by atoms with E-state index in [0.29, 0.717) is 13.0 Å². The molecule has 1 atom stereocenters. The van der Waals surface area contributed by atoms with Crippen molar-refractivity contribution < 1.29 is 14.3 Å². The SMILES string of the molecule is COCCC(=O)Nc1ccc(-c2ccnc([AsH]c3ccc(N4CCN(C(=O)C(C)C)CC4)cc3)n2)cc1. The fraction of sp³-hybridized carbons (Fsp3) is 0.357. The molecular weight excluding hydrogens is 529 g/mol. The Morgan fingerprint density at radius 2 is 1.70 bits per heavy atom. The molecule has 9 heteroatoms. The van der Waals surface area contributed by atoms with Crippen LogP contribution in [0.2, 0.25) is 0 Å². The summed E-state index contributed by atoms with van der Waals surface area (Å²) in [6.07, 6.45) is 2.14. The number of aromatic nitrogens is 2. The third-order valence-corrected chi connectivity index (χ3v) is 8.51. The average Bonchev–Trinajstić information content (AvgIpc) is 2.92. The van der Waals surface area contributed by atoms with E-state index in [1.165, 1.54) is 10.0 Å². The summed E-state index contributed by atoms with van der Waals surface area (Å²) in [4.78, 5) is 37.8. The van der Waals surface area contributed by atoms with Gasteiger partial charge in [-0.25, -0.2) is 0 Å². The van der Waals surface area contributed by atoms with E-state index < -0.39 is 15.8 Å². The van der Waals surface area contributed by atoms with E-state index >= 15 is 0 Å². The number of anilines is 2. The van der Waals surface area contributed by atoms with Crippen LogP contribution in [0.3, 0.4) is 0 Å².